The van der Waals surface area contributed by atoms with Crippen LogP contribution in [0.4, 0.5) is 0 Å². The van der Waals surface area contributed by atoms with E-state index in [-0.39, 0.29) is 24.0 Å². The number of imidazole rings is 1. The Morgan fingerprint density at radius 2 is 1.93 bits per heavy atom. The molecule has 1 aromatic heterocycles. The molecule has 2 heterocycles. The number of aliphatic imine (C=N–C) groups is 1. The molecule has 7 heteroatoms. The van der Waals surface area contributed by atoms with Crippen molar-refractivity contribution in [2.75, 3.05) is 39.8 Å². The second kappa shape index (κ2) is 12.1. The Bertz CT molecular complexity index is 680. The number of aromatic nitrogens is 2. The number of halogens is 1. The number of nitrogens with one attached hydrogen (secondary N) is 1. The van der Waals surface area contributed by atoms with Gasteiger partial charge in [-0.3, -0.25) is 9.89 Å². The third kappa shape index (κ3) is 6.20. The van der Waals surface area contributed by atoms with E-state index in [4.69, 9.17) is 0 Å². The van der Waals surface area contributed by atoms with E-state index in [1.165, 1.54) is 5.56 Å². The third-order valence-electron chi connectivity index (χ3n) is 5.27. The normalized spacial score (nSPS) is 16.5. The molecule has 0 amide bonds. The molecule has 0 spiro atoms. The second-order valence-electron chi connectivity index (χ2n) is 6.99. The van der Waals surface area contributed by atoms with Gasteiger partial charge < -0.3 is 14.8 Å². The fourth-order valence-electron chi connectivity index (χ4n) is 3.84. The first kappa shape index (κ1) is 22.7. The van der Waals surface area contributed by atoms with E-state index in [0.717, 1.165) is 58.1 Å². The van der Waals surface area contributed by atoms with Crippen LogP contribution in [0.15, 0.2) is 54.0 Å². The van der Waals surface area contributed by atoms with Gasteiger partial charge >= 0.3 is 0 Å². The molecule has 1 unspecified atom stereocenters. The molecule has 1 aromatic carbocycles. The number of hydrogen-bond acceptors (Lipinski definition) is 3. The van der Waals surface area contributed by atoms with E-state index in [2.05, 4.69) is 66.9 Å². The number of nitrogens with zero attached hydrogens (tertiary/aromatic N) is 5. The van der Waals surface area contributed by atoms with Crippen LogP contribution in [-0.4, -0.2) is 65.1 Å². The standard InChI is InChI=1S/C21H32N6.HI/c1-3-20(19-8-5-4-6-9-19)26-14-16-27(17-15-26)21(22-2)24-10-7-12-25-13-11-23-18-25;/h4-6,8-9,11,13,18,20H,3,7,10,12,14-17H2,1-2H3,(H,22,24);1H. The number of benzene rings is 1. The van der Waals surface area contributed by atoms with Crippen LogP contribution in [0.1, 0.15) is 31.4 Å². The highest BCUT2D eigenvalue weighted by Gasteiger charge is 2.25. The Morgan fingerprint density at radius 3 is 2.54 bits per heavy atom. The molecule has 0 bridgehead atoms. The lowest BCUT2D eigenvalue weighted by Gasteiger charge is -2.40. The smallest absolute Gasteiger partial charge is 0.193 e. The average Bonchev–Trinajstić information content (AvgIpc) is 3.24. The van der Waals surface area contributed by atoms with Gasteiger partial charge in [0.15, 0.2) is 5.96 Å². The predicted molar refractivity (Wildman–Crippen MR) is 126 cm³/mol. The van der Waals surface area contributed by atoms with Gasteiger partial charge in [0.2, 0.25) is 0 Å². The summed E-state index contributed by atoms with van der Waals surface area (Å²) in [4.78, 5) is 13.6. The number of hydrogen-bond donors (Lipinski definition) is 1. The van der Waals surface area contributed by atoms with Crippen LogP contribution in [0.2, 0.25) is 0 Å². The first-order valence-corrected chi connectivity index (χ1v) is 10.0. The number of piperazine rings is 1. The fraction of sp³-hybridized carbons (Fsp3) is 0.524. The highest BCUT2D eigenvalue weighted by atomic mass is 127. The highest BCUT2D eigenvalue weighted by Crippen LogP contribution is 2.25. The SMILES string of the molecule is CCC(c1ccccc1)N1CCN(C(=NC)NCCCn2ccnc2)CC1.I. The van der Waals surface area contributed by atoms with Crippen molar-refractivity contribution in [3.63, 3.8) is 0 Å². The monoisotopic (exact) mass is 496 g/mol. The molecule has 1 fully saturated rings. The minimum absolute atomic E-state index is 0. The van der Waals surface area contributed by atoms with Gasteiger partial charge in [-0.2, -0.15) is 0 Å². The Morgan fingerprint density at radius 1 is 1.18 bits per heavy atom. The van der Waals surface area contributed by atoms with Gasteiger partial charge in [0.05, 0.1) is 6.33 Å². The van der Waals surface area contributed by atoms with Crippen LogP contribution in [0, 0.1) is 0 Å². The van der Waals surface area contributed by atoms with Gasteiger partial charge in [0, 0.05) is 64.8 Å². The summed E-state index contributed by atoms with van der Waals surface area (Å²) in [5.41, 5.74) is 1.43. The molecule has 3 rings (SSSR count). The summed E-state index contributed by atoms with van der Waals surface area (Å²) in [7, 11) is 1.88. The predicted octanol–water partition coefficient (Wildman–Crippen LogP) is 3.24. The Labute approximate surface area is 186 Å². The Balaban J connectivity index is 0.00000280. The van der Waals surface area contributed by atoms with Crippen LogP contribution < -0.4 is 5.32 Å². The maximum Gasteiger partial charge on any atom is 0.193 e. The quantitative estimate of drug-likeness (QED) is 0.277. The van der Waals surface area contributed by atoms with Gasteiger partial charge in [0.25, 0.3) is 0 Å². The second-order valence-corrected chi connectivity index (χ2v) is 6.99. The summed E-state index contributed by atoms with van der Waals surface area (Å²) in [6.45, 7) is 8.37. The van der Waals surface area contributed by atoms with Crippen molar-refractivity contribution in [1.82, 2.24) is 24.7 Å². The number of rotatable bonds is 7. The molecule has 154 valence electrons. The third-order valence-corrected chi connectivity index (χ3v) is 5.27. The number of guanidine groups is 1. The largest absolute Gasteiger partial charge is 0.356 e. The molecule has 0 radical (unpaired) electrons. The Kier molecular flexibility index (Phi) is 9.77. The summed E-state index contributed by atoms with van der Waals surface area (Å²) < 4.78 is 2.11. The van der Waals surface area contributed by atoms with Crippen molar-refractivity contribution in [1.29, 1.82) is 0 Å². The topological polar surface area (TPSA) is 48.7 Å². The van der Waals surface area contributed by atoms with Crippen LogP contribution in [0.25, 0.3) is 0 Å². The van der Waals surface area contributed by atoms with Crippen molar-refractivity contribution in [2.24, 2.45) is 4.99 Å². The van der Waals surface area contributed by atoms with Crippen LogP contribution in [-0.2, 0) is 6.54 Å². The van der Waals surface area contributed by atoms with Gasteiger partial charge in [-0.05, 0) is 18.4 Å². The number of aryl methyl sites for hydroxylation is 1. The molecule has 2 aromatic rings. The molecule has 0 saturated carbocycles. The maximum absolute atomic E-state index is 4.49. The first-order valence-electron chi connectivity index (χ1n) is 10.0. The van der Waals surface area contributed by atoms with Crippen LogP contribution >= 0.6 is 24.0 Å². The first-order chi connectivity index (χ1) is 13.3. The van der Waals surface area contributed by atoms with Crippen LogP contribution in [0.3, 0.4) is 0 Å². The van der Waals surface area contributed by atoms with E-state index in [1.54, 1.807) is 0 Å². The molecule has 28 heavy (non-hydrogen) atoms. The lowest BCUT2D eigenvalue weighted by molar-refractivity contribution is 0.127. The summed E-state index contributed by atoms with van der Waals surface area (Å²) >= 11 is 0. The van der Waals surface area contributed by atoms with Crippen molar-refractivity contribution in [3.05, 3.63) is 54.6 Å². The summed E-state index contributed by atoms with van der Waals surface area (Å²) in [5, 5.41) is 3.51. The molecule has 1 aliphatic heterocycles. The molecule has 1 N–H and O–H groups in total. The average molecular weight is 496 g/mol. The van der Waals surface area contributed by atoms with E-state index >= 15 is 0 Å². The Hall–Kier alpha value is -1.61. The molecule has 6 nitrogen and oxygen atoms in total. The zero-order valence-electron chi connectivity index (χ0n) is 17.0. The zero-order valence-corrected chi connectivity index (χ0v) is 19.3. The van der Waals surface area contributed by atoms with E-state index < -0.39 is 0 Å². The molecule has 0 aliphatic carbocycles. The van der Waals surface area contributed by atoms with Gasteiger partial charge in [-0.15, -0.1) is 24.0 Å². The van der Waals surface area contributed by atoms with Gasteiger partial charge in [-0.25, -0.2) is 4.98 Å². The van der Waals surface area contributed by atoms with Crippen LogP contribution in [0.5, 0.6) is 0 Å². The molecular weight excluding hydrogens is 463 g/mol. The van der Waals surface area contributed by atoms with Gasteiger partial charge in [-0.1, -0.05) is 37.3 Å². The summed E-state index contributed by atoms with van der Waals surface area (Å²) in [5.74, 6) is 1.02. The van der Waals surface area contributed by atoms with Crippen molar-refractivity contribution >= 4 is 29.9 Å². The minimum Gasteiger partial charge on any atom is -0.356 e. The zero-order chi connectivity index (χ0) is 18.9. The minimum atomic E-state index is 0. The molecular formula is C21H33IN6. The summed E-state index contributed by atoms with van der Waals surface area (Å²) in [6.07, 6.45) is 7.90. The van der Waals surface area contributed by atoms with Crippen molar-refractivity contribution in [2.45, 2.75) is 32.4 Å². The fourth-order valence-corrected chi connectivity index (χ4v) is 3.84. The van der Waals surface area contributed by atoms with Crippen molar-refractivity contribution in [3.8, 4) is 0 Å². The van der Waals surface area contributed by atoms with E-state index in [1.807, 2.05) is 25.8 Å². The molecule has 1 aliphatic rings. The lowest BCUT2D eigenvalue weighted by Crippen LogP contribution is -2.53. The highest BCUT2D eigenvalue weighted by molar-refractivity contribution is 14.0. The van der Waals surface area contributed by atoms with E-state index in [9.17, 15) is 0 Å². The van der Waals surface area contributed by atoms with Crippen molar-refractivity contribution < 1.29 is 0 Å². The molecule has 1 atom stereocenters. The molecule has 1 saturated heterocycles. The summed E-state index contributed by atoms with van der Waals surface area (Å²) in [6, 6.07) is 11.4. The van der Waals surface area contributed by atoms with Gasteiger partial charge in [0.1, 0.15) is 0 Å². The maximum atomic E-state index is 4.49. The van der Waals surface area contributed by atoms with E-state index in [0.29, 0.717) is 6.04 Å². The lowest BCUT2D eigenvalue weighted by atomic mass is 10.0.